The summed E-state index contributed by atoms with van der Waals surface area (Å²) in [5, 5.41) is 11.4. The van der Waals surface area contributed by atoms with Crippen LogP contribution in [0, 0.1) is 0 Å². The fraction of sp³-hybridized carbons (Fsp3) is 0.364. The van der Waals surface area contributed by atoms with E-state index in [9.17, 15) is 49.5 Å². The first-order valence-corrected chi connectivity index (χ1v) is 12.2. The second kappa shape index (κ2) is 10.4. The van der Waals surface area contributed by atoms with Crippen molar-refractivity contribution in [1.29, 1.82) is 0 Å². The first kappa shape index (κ1) is 29.2. The zero-order chi connectivity index (χ0) is 28.5. The minimum Gasteiger partial charge on any atom is -0.384 e. The molecule has 208 valence electrons. The number of nitrogens with zero attached hydrogens (tertiary/aromatic N) is 1. The van der Waals surface area contributed by atoms with Gasteiger partial charge in [-0.1, -0.05) is 18.2 Å². The quantitative estimate of drug-likeness (QED) is 0.396. The van der Waals surface area contributed by atoms with Gasteiger partial charge in [0.15, 0.2) is 9.84 Å². The molecule has 0 saturated heterocycles. The molecule has 0 aromatic heterocycles. The first-order valence-electron chi connectivity index (χ1n) is 10.6. The van der Waals surface area contributed by atoms with Crippen molar-refractivity contribution in [2.24, 2.45) is 0 Å². The molecule has 0 aliphatic carbocycles. The number of nitrogens with one attached hydrogen (secondary N) is 1. The molecule has 0 unspecified atom stereocenters. The van der Waals surface area contributed by atoms with Gasteiger partial charge in [-0.05, 0) is 35.4 Å². The van der Waals surface area contributed by atoms with Crippen LogP contribution < -0.4 is 5.32 Å². The number of halogens is 6. The lowest BCUT2D eigenvalue weighted by Crippen LogP contribution is -2.53. The maximum Gasteiger partial charge on any atom is 0.430 e. The summed E-state index contributed by atoms with van der Waals surface area (Å²) in [6, 6.07) is 6.20. The Morgan fingerprint density at radius 1 is 0.974 bits per heavy atom. The number of anilines is 1. The Hall–Kier alpha value is -3.37. The molecule has 0 fully saturated rings. The van der Waals surface area contributed by atoms with E-state index in [-0.39, 0.29) is 36.0 Å². The van der Waals surface area contributed by atoms with Crippen LogP contribution in [0.1, 0.15) is 16.7 Å². The number of amides is 2. The molecule has 1 aliphatic heterocycles. The Morgan fingerprint density at radius 2 is 1.55 bits per heavy atom. The second-order valence-electron chi connectivity index (χ2n) is 8.16. The zero-order valence-corrected chi connectivity index (χ0v) is 20.2. The molecule has 9 nitrogen and oxygen atoms in total. The number of ether oxygens (including phenoxy) is 2. The van der Waals surface area contributed by atoms with Crippen LogP contribution in [-0.4, -0.2) is 62.4 Å². The molecule has 2 aromatic carbocycles. The standard InChI is InChI=1S/C22H20F6N2O7S/c1-36-8-9-38(34,35)17-7-2-13-11-30(12-14(13)10-17)19(32)37-18(31)29-16-5-3-15(4-6-16)20(33,21(23,24)25)22(26,27)28/h2-7,10,33H,8-9,11-12H2,1H3,(H,29,31). The highest BCUT2D eigenvalue weighted by molar-refractivity contribution is 7.91. The van der Waals surface area contributed by atoms with Gasteiger partial charge in [0.2, 0.25) is 0 Å². The molecule has 0 radical (unpaired) electrons. The number of carbonyl (C=O) groups excluding carboxylic acids is 2. The number of sulfone groups is 1. The van der Waals surface area contributed by atoms with E-state index in [0.717, 1.165) is 4.90 Å². The summed E-state index contributed by atoms with van der Waals surface area (Å²) in [4.78, 5) is 25.5. The number of alkyl halides is 6. The minimum atomic E-state index is -6.08. The van der Waals surface area contributed by atoms with E-state index in [1.54, 1.807) is 0 Å². The summed E-state index contributed by atoms with van der Waals surface area (Å²) in [7, 11) is -2.27. The molecule has 0 bridgehead atoms. The third-order valence-corrected chi connectivity index (χ3v) is 7.30. The summed E-state index contributed by atoms with van der Waals surface area (Å²) in [5.74, 6) is -0.249. The first-order chi connectivity index (χ1) is 17.5. The number of hydrogen-bond acceptors (Lipinski definition) is 7. The molecular weight excluding hydrogens is 550 g/mol. The van der Waals surface area contributed by atoms with E-state index in [4.69, 9.17) is 4.74 Å². The summed E-state index contributed by atoms with van der Waals surface area (Å²) in [6.45, 7) is -0.111. The van der Waals surface area contributed by atoms with Crippen molar-refractivity contribution in [2.75, 3.05) is 24.8 Å². The van der Waals surface area contributed by atoms with E-state index in [1.807, 2.05) is 5.32 Å². The number of rotatable bonds is 6. The summed E-state index contributed by atoms with van der Waals surface area (Å²) in [6.07, 6.45) is -14.7. The highest BCUT2D eigenvalue weighted by Crippen LogP contribution is 2.50. The molecule has 38 heavy (non-hydrogen) atoms. The van der Waals surface area contributed by atoms with Crippen molar-refractivity contribution in [2.45, 2.75) is 35.9 Å². The van der Waals surface area contributed by atoms with Crippen molar-refractivity contribution in [3.8, 4) is 0 Å². The molecule has 2 aromatic rings. The number of aliphatic hydroxyl groups is 1. The number of carbonyl (C=O) groups is 2. The predicted octanol–water partition coefficient (Wildman–Crippen LogP) is 4.10. The number of methoxy groups -OCH3 is 1. The largest absolute Gasteiger partial charge is 0.430 e. The minimum absolute atomic E-state index is 0.0119. The Morgan fingerprint density at radius 3 is 2.11 bits per heavy atom. The lowest BCUT2D eigenvalue weighted by molar-refractivity contribution is -0.376. The summed E-state index contributed by atoms with van der Waals surface area (Å²) in [5.41, 5.74) is -5.90. The molecule has 0 atom stereocenters. The Kier molecular flexibility index (Phi) is 8.00. The Labute approximate surface area is 211 Å². The molecule has 3 rings (SSSR count). The normalized spacial score (nSPS) is 14.3. The van der Waals surface area contributed by atoms with Crippen LogP contribution in [0.3, 0.4) is 0 Å². The molecule has 0 spiro atoms. The van der Waals surface area contributed by atoms with E-state index in [1.165, 1.54) is 25.3 Å². The maximum absolute atomic E-state index is 13.0. The van der Waals surface area contributed by atoms with Crippen LogP contribution >= 0.6 is 0 Å². The third-order valence-electron chi connectivity index (χ3n) is 5.62. The summed E-state index contributed by atoms with van der Waals surface area (Å²) < 4.78 is 112. The average molecular weight is 570 g/mol. The van der Waals surface area contributed by atoms with Crippen LogP contribution in [-0.2, 0) is 38.0 Å². The number of fused-ring (bicyclic) bond motifs is 1. The molecule has 1 aliphatic rings. The van der Waals surface area contributed by atoms with Gasteiger partial charge in [0, 0.05) is 31.5 Å². The molecule has 2 N–H and O–H groups in total. The van der Waals surface area contributed by atoms with E-state index in [2.05, 4.69) is 4.74 Å². The lowest BCUT2D eigenvalue weighted by Gasteiger charge is -2.32. The fourth-order valence-electron chi connectivity index (χ4n) is 3.57. The van der Waals surface area contributed by atoms with E-state index in [0.29, 0.717) is 35.4 Å². The molecule has 16 heteroatoms. The average Bonchev–Trinajstić information content (AvgIpc) is 3.25. The van der Waals surface area contributed by atoms with Gasteiger partial charge in [0.25, 0.3) is 5.60 Å². The smallest absolute Gasteiger partial charge is 0.384 e. The molecular formula is C22H20F6N2O7S. The second-order valence-corrected chi connectivity index (χ2v) is 10.3. The van der Waals surface area contributed by atoms with Gasteiger partial charge in [0.1, 0.15) is 0 Å². The Balaban J connectivity index is 1.64. The van der Waals surface area contributed by atoms with Gasteiger partial charge in [-0.15, -0.1) is 0 Å². The topological polar surface area (TPSA) is 122 Å². The monoisotopic (exact) mass is 570 g/mol. The number of hydrogen-bond donors (Lipinski definition) is 2. The van der Waals surface area contributed by atoms with Gasteiger partial charge in [-0.25, -0.2) is 18.0 Å². The zero-order valence-electron chi connectivity index (χ0n) is 19.4. The highest BCUT2D eigenvalue weighted by atomic mass is 32.2. The van der Waals surface area contributed by atoms with Gasteiger partial charge < -0.3 is 14.6 Å². The van der Waals surface area contributed by atoms with Gasteiger partial charge in [-0.2, -0.15) is 26.3 Å². The van der Waals surface area contributed by atoms with Crippen molar-refractivity contribution in [1.82, 2.24) is 4.90 Å². The van der Waals surface area contributed by atoms with Crippen molar-refractivity contribution >= 4 is 27.7 Å². The Bertz CT molecular complexity index is 1300. The van der Waals surface area contributed by atoms with Crippen LogP contribution in [0.5, 0.6) is 0 Å². The lowest BCUT2D eigenvalue weighted by atomic mass is 9.92. The third kappa shape index (κ3) is 5.86. The summed E-state index contributed by atoms with van der Waals surface area (Å²) >= 11 is 0. The van der Waals surface area contributed by atoms with Crippen LogP contribution in [0.15, 0.2) is 47.4 Å². The molecule has 2 amide bonds. The molecule has 0 saturated carbocycles. The van der Waals surface area contributed by atoms with Crippen LogP contribution in [0.2, 0.25) is 0 Å². The predicted molar refractivity (Wildman–Crippen MR) is 118 cm³/mol. The fourth-order valence-corrected chi connectivity index (χ4v) is 4.79. The van der Waals surface area contributed by atoms with Crippen molar-refractivity contribution < 1.29 is 58.9 Å². The van der Waals surface area contributed by atoms with Gasteiger partial charge >= 0.3 is 24.5 Å². The SMILES string of the molecule is COCCS(=O)(=O)c1ccc2c(c1)CN(C(=O)OC(=O)Nc1ccc(C(O)(C(F)(F)F)C(F)(F)F)cc1)C2. The van der Waals surface area contributed by atoms with Crippen LogP contribution in [0.4, 0.5) is 41.6 Å². The van der Waals surface area contributed by atoms with Crippen LogP contribution in [0.25, 0.3) is 0 Å². The van der Waals surface area contributed by atoms with Crippen molar-refractivity contribution in [3.63, 3.8) is 0 Å². The van der Waals surface area contributed by atoms with E-state index < -0.39 is 45.5 Å². The van der Waals surface area contributed by atoms with E-state index >= 15 is 0 Å². The highest BCUT2D eigenvalue weighted by Gasteiger charge is 2.71. The van der Waals surface area contributed by atoms with Crippen molar-refractivity contribution in [3.05, 3.63) is 59.2 Å². The van der Waals surface area contributed by atoms with Gasteiger partial charge in [-0.3, -0.25) is 10.2 Å². The maximum atomic E-state index is 13.0. The molecule has 1 heterocycles. The number of benzene rings is 2. The van der Waals surface area contributed by atoms with Gasteiger partial charge in [0.05, 0.1) is 17.3 Å².